The van der Waals surface area contributed by atoms with Gasteiger partial charge in [-0.05, 0) is 18.3 Å². The normalized spacial score (nSPS) is 45.1. The highest BCUT2D eigenvalue weighted by Crippen LogP contribution is 2.56. The van der Waals surface area contributed by atoms with Crippen molar-refractivity contribution < 1.29 is 9.90 Å². The summed E-state index contributed by atoms with van der Waals surface area (Å²) in [5.74, 6) is -0.864. The topological polar surface area (TPSA) is 63.3 Å². The van der Waals surface area contributed by atoms with E-state index in [2.05, 4.69) is 0 Å². The van der Waals surface area contributed by atoms with Gasteiger partial charge < -0.3 is 10.8 Å². The monoisotopic (exact) mass is 143 g/mol. The zero-order chi connectivity index (χ0) is 7.99. The van der Waals surface area contributed by atoms with E-state index in [4.69, 9.17) is 10.8 Å². The van der Waals surface area contributed by atoms with Gasteiger partial charge >= 0.3 is 5.97 Å². The molecule has 0 aliphatic heterocycles. The SMILES string of the molecule is CC[C@]1(C)C[C@]1(N)C(=O)O. The molecule has 1 saturated carbocycles. The highest BCUT2D eigenvalue weighted by atomic mass is 16.4. The van der Waals surface area contributed by atoms with E-state index in [9.17, 15) is 4.79 Å². The first kappa shape index (κ1) is 7.54. The molecule has 0 unspecified atom stereocenters. The molecule has 0 bridgehead atoms. The van der Waals surface area contributed by atoms with Crippen LogP contribution in [0.3, 0.4) is 0 Å². The summed E-state index contributed by atoms with van der Waals surface area (Å²) in [6, 6.07) is 0. The first-order chi connectivity index (χ1) is 4.46. The van der Waals surface area contributed by atoms with Gasteiger partial charge in [0.05, 0.1) is 0 Å². The van der Waals surface area contributed by atoms with Crippen LogP contribution in [0.2, 0.25) is 0 Å². The molecule has 10 heavy (non-hydrogen) atoms. The van der Waals surface area contributed by atoms with Crippen molar-refractivity contribution in [3.05, 3.63) is 0 Å². The molecule has 1 rings (SSSR count). The lowest BCUT2D eigenvalue weighted by atomic mass is 10.00. The molecular formula is C7H13NO2. The number of carbonyl (C=O) groups is 1. The lowest BCUT2D eigenvalue weighted by Crippen LogP contribution is -2.38. The van der Waals surface area contributed by atoms with Gasteiger partial charge in [-0.3, -0.25) is 4.79 Å². The molecule has 0 spiro atoms. The average molecular weight is 143 g/mol. The lowest BCUT2D eigenvalue weighted by molar-refractivity contribution is -0.140. The predicted molar refractivity (Wildman–Crippen MR) is 37.6 cm³/mol. The van der Waals surface area contributed by atoms with E-state index >= 15 is 0 Å². The van der Waals surface area contributed by atoms with E-state index in [-0.39, 0.29) is 5.41 Å². The number of aliphatic carboxylic acids is 1. The first-order valence-electron chi connectivity index (χ1n) is 3.48. The van der Waals surface area contributed by atoms with Crippen molar-refractivity contribution in [1.29, 1.82) is 0 Å². The molecule has 2 atom stereocenters. The van der Waals surface area contributed by atoms with Crippen molar-refractivity contribution in [2.45, 2.75) is 32.2 Å². The van der Waals surface area contributed by atoms with Gasteiger partial charge in [0.25, 0.3) is 0 Å². The number of carboxylic acids is 1. The summed E-state index contributed by atoms with van der Waals surface area (Å²) in [5, 5.41) is 8.65. The number of hydrogen-bond acceptors (Lipinski definition) is 2. The molecule has 58 valence electrons. The Morgan fingerprint density at radius 2 is 2.30 bits per heavy atom. The van der Waals surface area contributed by atoms with E-state index in [1.54, 1.807) is 0 Å². The highest BCUT2D eigenvalue weighted by Gasteiger charge is 2.66. The molecule has 1 fully saturated rings. The van der Waals surface area contributed by atoms with Crippen LogP contribution in [0.25, 0.3) is 0 Å². The maximum absolute atomic E-state index is 10.5. The number of rotatable bonds is 2. The van der Waals surface area contributed by atoms with E-state index in [1.807, 2.05) is 13.8 Å². The van der Waals surface area contributed by atoms with Crippen LogP contribution in [0.15, 0.2) is 0 Å². The Labute approximate surface area is 60.2 Å². The number of nitrogens with two attached hydrogens (primary N) is 1. The third-order valence-electron chi connectivity index (χ3n) is 2.78. The maximum atomic E-state index is 10.5. The largest absolute Gasteiger partial charge is 0.480 e. The Morgan fingerprint density at radius 1 is 1.80 bits per heavy atom. The Balaban J connectivity index is 2.72. The highest BCUT2D eigenvalue weighted by molar-refractivity contribution is 5.84. The molecule has 3 nitrogen and oxygen atoms in total. The van der Waals surface area contributed by atoms with Crippen molar-refractivity contribution >= 4 is 5.97 Å². The summed E-state index contributed by atoms with van der Waals surface area (Å²) in [6.45, 7) is 3.89. The average Bonchev–Trinajstić information content (AvgIpc) is 2.39. The van der Waals surface area contributed by atoms with Gasteiger partial charge in [-0.2, -0.15) is 0 Å². The summed E-state index contributed by atoms with van der Waals surface area (Å²) in [6.07, 6.45) is 1.46. The van der Waals surface area contributed by atoms with E-state index < -0.39 is 11.5 Å². The second kappa shape index (κ2) is 1.72. The summed E-state index contributed by atoms with van der Waals surface area (Å²) in [5.41, 5.74) is 4.50. The van der Waals surface area contributed by atoms with Crippen LogP contribution >= 0.6 is 0 Å². The van der Waals surface area contributed by atoms with Gasteiger partial charge in [0, 0.05) is 0 Å². The standard InChI is InChI=1S/C7H13NO2/c1-3-6(2)4-7(6,8)5(9)10/h3-4,8H2,1-2H3,(H,9,10)/t6-,7+/m1/s1. The molecule has 0 heterocycles. The second-order valence-electron chi connectivity index (χ2n) is 3.37. The molecule has 0 radical (unpaired) electrons. The minimum atomic E-state index is -0.929. The van der Waals surface area contributed by atoms with Gasteiger partial charge in [0.15, 0.2) is 0 Å². The van der Waals surface area contributed by atoms with Crippen LogP contribution in [0.1, 0.15) is 26.7 Å². The van der Waals surface area contributed by atoms with Gasteiger partial charge in [0.2, 0.25) is 0 Å². The Morgan fingerprint density at radius 3 is 2.40 bits per heavy atom. The third kappa shape index (κ3) is 0.669. The Hall–Kier alpha value is -0.570. The maximum Gasteiger partial charge on any atom is 0.324 e. The summed E-state index contributed by atoms with van der Waals surface area (Å²) >= 11 is 0. The Kier molecular flexibility index (Phi) is 1.30. The van der Waals surface area contributed by atoms with Gasteiger partial charge in [-0.25, -0.2) is 0 Å². The predicted octanol–water partition coefficient (Wildman–Crippen LogP) is 0.588. The van der Waals surface area contributed by atoms with Gasteiger partial charge in [0.1, 0.15) is 5.54 Å². The van der Waals surface area contributed by atoms with Crippen molar-refractivity contribution in [1.82, 2.24) is 0 Å². The molecular weight excluding hydrogens is 130 g/mol. The van der Waals surface area contributed by atoms with Crippen LogP contribution in [0.4, 0.5) is 0 Å². The molecule has 0 aromatic rings. The molecule has 1 aliphatic rings. The lowest BCUT2D eigenvalue weighted by Gasteiger charge is -2.11. The third-order valence-corrected chi connectivity index (χ3v) is 2.78. The van der Waals surface area contributed by atoms with Gasteiger partial charge in [-0.1, -0.05) is 13.8 Å². The van der Waals surface area contributed by atoms with Crippen LogP contribution in [-0.4, -0.2) is 16.6 Å². The second-order valence-corrected chi connectivity index (χ2v) is 3.37. The quantitative estimate of drug-likeness (QED) is 0.594. The zero-order valence-corrected chi connectivity index (χ0v) is 6.35. The van der Waals surface area contributed by atoms with Crippen LogP contribution < -0.4 is 5.73 Å². The smallest absolute Gasteiger partial charge is 0.324 e. The number of hydrogen-bond donors (Lipinski definition) is 2. The molecule has 0 saturated heterocycles. The zero-order valence-electron chi connectivity index (χ0n) is 6.35. The molecule has 0 aromatic heterocycles. The van der Waals surface area contributed by atoms with Crippen molar-refractivity contribution in [3.8, 4) is 0 Å². The van der Waals surface area contributed by atoms with Crippen molar-refractivity contribution in [2.75, 3.05) is 0 Å². The minimum absolute atomic E-state index is 0.154. The molecule has 0 aromatic carbocycles. The molecule has 3 N–H and O–H groups in total. The fraction of sp³-hybridized carbons (Fsp3) is 0.857. The van der Waals surface area contributed by atoms with E-state index in [0.717, 1.165) is 6.42 Å². The van der Waals surface area contributed by atoms with E-state index in [1.165, 1.54) is 0 Å². The number of carboxylic acid groups (broad SMARTS) is 1. The summed E-state index contributed by atoms with van der Waals surface area (Å²) in [4.78, 5) is 10.5. The molecule has 3 heteroatoms. The van der Waals surface area contributed by atoms with Crippen molar-refractivity contribution in [3.63, 3.8) is 0 Å². The molecule has 0 amide bonds. The molecule has 1 aliphatic carbocycles. The van der Waals surface area contributed by atoms with Crippen LogP contribution in [-0.2, 0) is 4.79 Å². The fourth-order valence-electron chi connectivity index (χ4n) is 1.35. The fourth-order valence-corrected chi connectivity index (χ4v) is 1.35. The van der Waals surface area contributed by atoms with E-state index in [0.29, 0.717) is 6.42 Å². The van der Waals surface area contributed by atoms with Crippen LogP contribution in [0, 0.1) is 5.41 Å². The summed E-state index contributed by atoms with van der Waals surface area (Å²) < 4.78 is 0. The summed E-state index contributed by atoms with van der Waals surface area (Å²) in [7, 11) is 0. The van der Waals surface area contributed by atoms with Crippen LogP contribution in [0.5, 0.6) is 0 Å². The van der Waals surface area contributed by atoms with Crippen molar-refractivity contribution in [2.24, 2.45) is 11.1 Å². The minimum Gasteiger partial charge on any atom is -0.480 e. The first-order valence-corrected chi connectivity index (χ1v) is 3.48. The Bertz CT molecular complexity index is 180. The van der Waals surface area contributed by atoms with Gasteiger partial charge in [-0.15, -0.1) is 0 Å².